The zero-order chi connectivity index (χ0) is 16.1. The van der Waals surface area contributed by atoms with Gasteiger partial charge in [0.05, 0.1) is 18.2 Å². The van der Waals surface area contributed by atoms with Gasteiger partial charge in [-0.1, -0.05) is 0 Å². The van der Waals surface area contributed by atoms with Gasteiger partial charge in [0.2, 0.25) is 0 Å². The number of amides is 1. The summed E-state index contributed by atoms with van der Waals surface area (Å²) < 4.78 is 5.46. The molecule has 1 aliphatic rings. The van der Waals surface area contributed by atoms with Crippen LogP contribution in [0.15, 0.2) is 41.7 Å². The summed E-state index contributed by atoms with van der Waals surface area (Å²) in [6.07, 6.45) is 6.44. The third-order valence-electron chi connectivity index (χ3n) is 3.89. The Morgan fingerprint density at radius 1 is 1.48 bits per heavy atom. The minimum Gasteiger partial charge on any atom is -0.482 e. The van der Waals surface area contributed by atoms with Crippen molar-refractivity contribution in [2.24, 2.45) is 0 Å². The fraction of sp³-hybridized carbons (Fsp3) is 0.375. The average molecular weight is 314 g/mol. The smallest absolute Gasteiger partial charge is 0.260 e. The summed E-state index contributed by atoms with van der Waals surface area (Å²) in [6.45, 7) is 1.25. The fourth-order valence-corrected chi connectivity index (χ4v) is 2.72. The van der Waals surface area contributed by atoms with Crippen LogP contribution in [0.4, 0.5) is 0 Å². The molecule has 0 unspecified atom stereocenters. The van der Waals surface area contributed by atoms with Crippen LogP contribution < -0.4 is 10.3 Å². The van der Waals surface area contributed by atoms with Crippen LogP contribution in [-0.2, 0) is 4.79 Å². The standard InChI is InChI=1S/C16H18N4O3/c21-15-7-14(18-11-19-15)12-3-2-6-20(9-12)16(22)10-23-13-4-1-5-17-8-13/h1,4-5,7-8,11-12H,2-3,6,9-10H2,(H,18,19,21)/t12-/m0/s1. The highest BCUT2D eigenvalue weighted by molar-refractivity contribution is 5.78. The largest absolute Gasteiger partial charge is 0.482 e. The summed E-state index contributed by atoms with van der Waals surface area (Å²) in [5, 5.41) is 0. The predicted molar refractivity (Wildman–Crippen MR) is 83.1 cm³/mol. The second-order valence-electron chi connectivity index (χ2n) is 5.49. The molecule has 1 amide bonds. The Morgan fingerprint density at radius 3 is 3.17 bits per heavy atom. The Hall–Kier alpha value is -2.70. The molecule has 0 saturated carbocycles. The fourth-order valence-electron chi connectivity index (χ4n) is 2.72. The van der Waals surface area contributed by atoms with E-state index in [-0.39, 0.29) is 24.0 Å². The molecule has 2 aromatic rings. The Morgan fingerprint density at radius 2 is 2.39 bits per heavy atom. The maximum Gasteiger partial charge on any atom is 0.260 e. The molecule has 2 aromatic heterocycles. The molecule has 7 heteroatoms. The van der Waals surface area contributed by atoms with Gasteiger partial charge in [-0.15, -0.1) is 0 Å². The third kappa shape index (κ3) is 3.94. The number of nitrogens with one attached hydrogen (secondary N) is 1. The molecule has 120 valence electrons. The first-order chi connectivity index (χ1) is 11.2. The van der Waals surface area contributed by atoms with Gasteiger partial charge in [0, 0.05) is 31.3 Å². The second-order valence-corrected chi connectivity index (χ2v) is 5.49. The summed E-state index contributed by atoms with van der Waals surface area (Å²) in [4.78, 5) is 36.2. The van der Waals surface area contributed by atoms with Gasteiger partial charge < -0.3 is 14.6 Å². The summed E-state index contributed by atoms with van der Waals surface area (Å²) in [5.74, 6) is 0.599. The number of hydrogen-bond donors (Lipinski definition) is 1. The van der Waals surface area contributed by atoms with Gasteiger partial charge in [0.25, 0.3) is 11.5 Å². The number of ether oxygens (including phenoxy) is 1. The molecule has 7 nitrogen and oxygen atoms in total. The van der Waals surface area contributed by atoms with Crippen molar-refractivity contribution in [3.05, 3.63) is 53.0 Å². The Balaban J connectivity index is 1.59. The molecule has 23 heavy (non-hydrogen) atoms. The maximum atomic E-state index is 12.3. The van der Waals surface area contributed by atoms with E-state index in [0.717, 1.165) is 18.5 Å². The quantitative estimate of drug-likeness (QED) is 0.907. The van der Waals surface area contributed by atoms with E-state index >= 15 is 0 Å². The molecule has 3 heterocycles. The number of hydrogen-bond acceptors (Lipinski definition) is 5. The molecule has 0 spiro atoms. The zero-order valence-corrected chi connectivity index (χ0v) is 12.6. The number of aromatic amines is 1. The van der Waals surface area contributed by atoms with Crippen LogP contribution in [0.3, 0.4) is 0 Å². The topological polar surface area (TPSA) is 88.2 Å². The highest BCUT2D eigenvalue weighted by atomic mass is 16.5. The number of nitrogens with zero attached hydrogens (tertiary/aromatic N) is 3. The van der Waals surface area contributed by atoms with Gasteiger partial charge in [0.1, 0.15) is 5.75 Å². The van der Waals surface area contributed by atoms with Gasteiger partial charge in [0.15, 0.2) is 6.61 Å². The zero-order valence-electron chi connectivity index (χ0n) is 12.6. The van der Waals surface area contributed by atoms with Crippen molar-refractivity contribution in [3.63, 3.8) is 0 Å². The Bertz CT molecular complexity index is 717. The van der Waals surface area contributed by atoms with Crippen LogP contribution in [0.5, 0.6) is 5.75 Å². The lowest BCUT2D eigenvalue weighted by Gasteiger charge is -2.32. The van der Waals surface area contributed by atoms with Crippen LogP contribution in [0.2, 0.25) is 0 Å². The summed E-state index contributed by atoms with van der Waals surface area (Å²) in [5.41, 5.74) is 0.567. The normalized spacial score (nSPS) is 17.7. The molecular formula is C16H18N4O3. The summed E-state index contributed by atoms with van der Waals surface area (Å²) >= 11 is 0. The van der Waals surface area contributed by atoms with Crippen LogP contribution in [0.25, 0.3) is 0 Å². The first-order valence-electron chi connectivity index (χ1n) is 7.57. The number of aromatic nitrogens is 3. The predicted octanol–water partition coefficient (Wildman–Crippen LogP) is 0.950. The lowest BCUT2D eigenvalue weighted by molar-refractivity contribution is -0.134. The molecule has 0 bridgehead atoms. The van der Waals surface area contributed by atoms with Gasteiger partial charge in [-0.2, -0.15) is 0 Å². The number of rotatable bonds is 4. The van der Waals surface area contributed by atoms with E-state index in [0.29, 0.717) is 18.8 Å². The molecule has 1 aliphatic heterocycles. The molecule has 1 atom stereocenters. The van der Waals surface area contributed by atoms with Gasteiger partial charge in [-0.05, 0) is 25.0 Å². The van der Waals surface area contributed by atoms with Gasteiger partial charge in [-0.25, -0.2) is 4.98 Å². The lowest BCUT2D eigenvalue weighted by Crippen LogP contribution is -2.41. The number of pyridine rings is 1. The summed E-state index contributed by atoms with van der Waals surface area (Å²) in [7, 11) is 0. The Labute approximate surface area is 133 Å². The molecule has 1 N–H and O–H groups in total. The van der Waals surface area contributed by atoms with Crippen LogP contribution in [0.1, 0.15) is 24.5 Å². The minimum absolute atomic E-state index is 0.0127. The van der Waals surface area contributed by atoms with E-state index in [9.17, 15) is 9.59 Å². The number of piperidine rings is 1. The van der Waals surface area contributed by atoms with E-state index in [1.807, 2.05) is 0 Å². The SMILES string of the molecule is O=C(COc1cccnc1)N1CCC[C@H](c2cc(=O)[nH]cn2)C1. The minimum atomic E-state index is -0.168. The number of carbonyl (C=O) groups excluding carboxylic acids is 1. The lowest BCUT2D eigenvalue weighted by atomic mass is 9.94. The molecule has 0 radical (unpaired) electrons. The van der Waals surface area contributed by atoms with E-state index in [2.05, 4.69) is 15.0 Å². The van der Waals surface area contributed by atoms with Crippen LogP contribution in [0, 0.1) is 0 Å². The molecular weight excluding hydrogens is 296 g/mol. The van der Waals surface area contributed by atoms with Crippen molar-refractivity contribution in [1.29, 1.82) is 0 Å². The van der Waals surface area contributed by atoms with Crippen molar-refractivity contribution in [3.8, 4) is 5.75 Å². The first kappa shape index (κ1) is 15.2. The molecule has 0 aromatic carbocycles. The molecule has 1 saturated heterocycles. The molecule has 3 rings (SSSR count). The van der Waals surface area contributed by atoms with E-state index in [1.165, 1.54) is 12.4 Å². The van der Waals surface area contributed by atoms with Crippen LogP contribution >= 0.6 is 0 Å². The van der Waals surface area contributed by atoms with Gasteiger partial charge in [-0.3, -0.25) is 14.6 Å². The molecule has 0 aliphatic carbocycles. The van der Waals surface area contributed by atoms with Crippen molar-refractivity contribution in [2.45, 2.75) is 18.8 Å². The van der Waals surface area contributed by atoms with Crippen molar-refractivity contribution < 1.29 is 9.53 Å². The number of carbonyl (C=O) groups is 1. The molecule has 1 fully saturated rings. The third-order valence-corrected chi connectivity index (χ3v) is 3.89. The number of H-pyrrole nitrogens is 1. The second kappa shape index (κ2) is 7.04. The van der Waals surface area contributed by atoms with Crippen molar-refractivity contribution in [2.75, 3.05) is 19.7 Å². The highest BCUT2D eigenvalue weighted by Crippen LogP contribution is 2.24. The monoisotopic (exact) mass is 314 g/mol. The van der Waals surface area contributed by atoms with Crippen LogP contribution in [-0.4, -0.2) is 45.5 Å². The first-order valence-corrected chi connectivity index (χ1v) is 7.57. The highest BCUT2D eigenvalue weighted by Gasteiger charge is 2.26. The van der Waals surface area contributed by atoms with Crippen molar-refractivity contribution in [1.82, 2.24) is 19.9 Å². The van der Waals surface area contributed by atoms with E-state index < -0.39 is 0 Å². The van der Waals surface area contributed by atoms with E-state index in [4.69, 9.17) is 4.74 Å². The van der Waals surface area contributed by atoms with Gasteiger partial charge >= 0.3 is 0 Å². The Kier molecular flexibility index (Phi) is 4.65. The average Bonchev–Trinajstić information content (AvgIpc) is 2.61. The van der Waals surface area contributed by atoms with E-state index in [1.54, 1.807) is 29.4 Å². The summed E-state index contributed by atoms with van der Waals surface area (Å²) in [6, 6.07) is 5.03. The maximum absolute atomic E-state index is 12.3. The van der Waals surface area contributed by atoms with Crippen molar-refractivity contribution >= 4 is 5.91 Å². The number of likely N-dealkylation sites (tertiary alicyclic amines) is 1.